The predicted octanol–water partition coefficient (Wildman–Crippen LogP) is 3.80. The summed E-state index contributed by atoms with van der Waals surface area (Å²) < 4.78 is 0. The quantitative estimate of drug-likeness (QED) is 0.787. The number of nitrogens with two attached hydrogens (primary N) is 1. The van der Waals surface area contributed by atoms with Gasteiger partial charge in [-0.05, 0) is 24.1 Å². The topological polar surface area (TPSA) is 45.7 Å². The van der Waals surface area contributed by atoms with Crippen molar-refractivity contribution in [3.8, 4) is 0 Å². The molecule has 4 heteroatoms. The Morgan fingerprint density at radius 1 is 1.12 bits per heavy atom. The number of nitrogens with one attached hydrogen (secondary N) is 1. The van der Waals surface area contributed by atoms with Crippen LogP contribution in [0.4, 0.5) is 5.69 Å². The Balaban J connectivity index is 1.98. The second kappa shape index (κ2) is 8.86. The van der Waals surface area contributed by atoms with Crippen LogP contribution in [-0.2, 0) is 11.2 Å². The van der Waals surface area contributed by atoms with Gasteiger partial charge in [0.1, 0.15) is 6.04 Å². The summed E-state index contributed by atoms with van der Waals surface area (Å²) in [6.45, 7) is 6.88. The average molecular weight is 346 g/mol. The van der Waals surface area contributed by atoms with Crippen LogP contribution >= 0.6 is 11.6 Å². The van der Waals surface area contributed by atoms with Crippen LogP contribution in [-0.4, -0.2) is 12.5 Å². The van der Waals surface area contributed by atoms with Gasteiger partial charge in [-0.25, -0.2) is 0 Å². The highest BCUT2D eigenvalue weighted by atomic mass is 35.5. The summed E-state index contributed by atoms with van der Waals surface area (Å²) in [5.41, 5.74) is 3.25. The summed E-state index contributed by atoms with van der Waals surface area (Å²) in [5.74, 6) is 0.393. The standard InChI is InChI=1S/C20H25ClN2O/c1-4-15-9-11-16(12-10-15)20(14(2)3)22-13-19(24)23-18-8-6-5-7-17(18)21/h5-12,14,20,22H,4,13H2,1-3H3,(H,23,24)/p+1/t20-/m1/s1. The third-order valence-corrected chi connectivity index (χ3v) is 4.53. The Morgan fingerprint density at radius 3 is 2.38 bits per heavy atom. The molecule has 0 aromatic heterocycles. The molecule has 0 spiro atoms. The van der Waals surface area contributed by atoms with E-state index in [2.05, 4.69) is 55.7 Å². The molecule has 0 unspecified atom stereocenters. The van der Waals surface area contributed by atoms with Gasteiger partial charge >= 0.3 is 0 Å². The summed E-state index contributed by atoms with van der Waals surface area (Å²) in [7, 11) is 0. The molecule has 3 nitrogen and oxygen atoms in total. The highest BCUT2D eigenvalue weighted by molar-refractivity contribution is 6.33. The summed E-state index contributed by atoms with van der Waals surface area (Å²) >= 11 is 6.08. The number of hydrogen-bond acceptors (Lipinski definition) is 1. The molecule has 0 bridgehead atoms. The van der Waals surface area contributed by atoms with Crippen LogP contribution in [0.1, 0.15) is 37.9 Å². The van der Waals surface area contributed by atoms with E-state index in [0.717, 1.165) is 6.42 Å². The van der Waals surface area contributed by atoms with E-state index in [1.165, 1.54) is 11.1 Å². The normalized spacial score (nSPS) is 12.2. The van der Waals surface area contributed by atoms with Gasteiger partial charge in [-0.15, -0.1) is 0 Å². The zero-order chi connectivity index (χ0) is 17.5. The van der Waals surface area contributed by atoms with Crippen molar-refractivity contribution in [1.29, 1.82) is 0 Å². The number of halogens is 1. The summed E-state index contributed by atoms with van der Waals surface area (Å²) in [4.78, 5) is 12.2. The zero-order valence-corrected chi connectivity index (χ0v) is 15.3. The van der Waals surface area contributed by atoms with Gasteiger partial charge in [0.05, 0.1) is 10.7 Å². The van der Waals surface area contributed by atoms with Gasteiger partial charge in [0.25, 0.3) is 5.91 Å². The van der Waals surface area contributed by atoms with E-state index in [-0.39, 0.29) is 11.9 Å². The number of amides is 1. The molecular formula is C20H26ClN2O+. The molecule has 24 heavy (non-hydrogen) atoms. The number of benzene rings is 2. The molecule has 0 saturated heterocycles. The Morgan fingerprint density at radius 2 is 1.79 bits per heavy atom. The number of anilines is 1. The minimum absolute atomic E-state index is 0.0427. The van der Waals surface area contributed by atoms with Gasteiger partial charge in [0.2, 0.25) is 0 Å². The third-order valence-electron chi connectivity index (χ3n) is 4.20. The van der Waals surface area contributed by atoms with Crippen molar-refractivity contribution in [2.75, 3.05) is 11.9 Å². The smallest absolute Gasteiger partial charge is 0.279 e. The maximum absolute atomic E-state index is 12.2. The van der Waals surface area contributed by atoms with Crippen molar-refractivity contribution in [1.82, 2.24) is 0 Å². The molecule has 128 valence electrons. The van der Waals surface area contributed by atoms with Crippen LogP contribution in [0, 0.1) is 5.92 Å². The van der Waals surface area contributed by atoms with Crippen LogP contribution in [0.5, 0.6) is 0 Å². The van der Waals surface area contributed by atoms with Gasteiger partial charge in [0, 0.05) is 11.5 Å². The van der Waals surface area contributed by atoms with Crippen molar-refractivity contribution in [2.45, 2.75) is 33.2 Å². The Labute approximate surface area is 149 Å². The second-order valence-corrected chi connectivity index (χ2v) is 6.74. The Hall–Kier alpha value is -1.84. The van der Waals surface area contributed by atoms with Gasteiger partial charge in [-0.1, -0.05) is 68.8 Å². The van der Waals surface area contributed by atoms with E-state index >= 15 is 0 Å². The van der Waals surface area contributed by atoms with Gasteiger partial charge < -0.3 is 10.6 Å². The summed E-state index contributed by atoms with van der Waals surface area (Å²) in [6, 6.07) is 16.2. The number of carbonyl (C=O) groups excluding carboxylic acids is 1. The van der Waals surface area contributed by atoms with Gasteiger partial charge in [0.15, 0.2) is 6.54 Å². The molecule has 0 aliphatic carbocycles. The lowest BCUT2D eigenvalue weighted by Crippen LogP contribution is -2.88. The Kier molecular flexibility index (Phi) is 6.83. The minimum atomic E-state index is -0.0427. The number of carbonyl (C=O) groups is 1. The Bertz CT molecular complexity index is 668. The van der Waals surface area contributed by atoms with Crippen molar-refractivity contribution < 1.29 is 10.1 Å². The lowest BCUT2D eigenvalue weighted by molar-refractivity contribution is -0.692. The number of rotatable bonds is 7. The maximum Gasteiger partial charge on any atom is 0.279 e. The fourth-order valence-electron chi connectivity index (χ4n) is 2.77. The molecule has 2 aromatic rings. The van der Waals surface area contributed by atoms with Crippen LogP contribution in [0.3, 0.4) is 0 Å². The van der Waals surface area contributed by atoms with Crippen molar-refractivity contribution in [3.63, 3.8) is 0 Å². The highest BCUT2D eigenvalue weighted by Gasteiger charge is 2.20. The molecular weight excluding hydrogens is 320 g/mol. The van der Waals surface area contributed by atoms with Crippen LogP contribution < -0.4 is 10.6 Å². The fourth-order valence-corrected chi connectivity index (χ4v) is 2.95. The first-order valence-corrected chi connectivity index (χ1v) is 8.85. The number of para-hydroxylation sites is 1. The molecule has 2 aromatic carbocycles. The second-order valence-electron chi connectivity index (χ2n) is 6.33. The van der Waals surface area contributed by atoms with Crippen molar-refractivity contribution in [3.05, 3.63) is 64.7 Å². The maximum atomic E-state index is 12.2. The minimum Gasteiger partial charge on any atom is -0.332 e. The monoisotopic (exact) mass is 345 g/mol. The van der Waals surface area contributed by atoms with Crippen molar-refractivity contribution >= 4 is 23.2 Å². The number of quaternary nitrogens is 1. The molecule has 0 aliphatic heterocycles. The molecule has 0 radical (unpaired) electrons. The molecule has 1 atom stereocenters. The fraction of sp³-hybridized carbons (Fsp3) is 0.350. The highest BCUT2D eigenvalue weighted by Crippen LogP contribution is 2.20. The van der Waals surface area contributed by atoms with Gasteiger partial charge in [-0.2, -0.15) is 0 Å². The molecule has 0 heterocycles. The first-order chi connectivity index (χ1) is 11.5. The van der Waals surface area contributed by atoms with E-state index < -0.39 is 0 Å². The van der Waals surface area contributed by atoms with Crippen LogP contribution in [0.15, 0.2) is 48.5 Å². The zero-order valence-electron chi connectivity index (χ0n) is 14.6. The average Bonchev–Trinajstić information content (AvgIpc) is 2.57. The predicted molar refractivity (Wildman–Crippen MR) is 100 cm³/mol. The van der Waals surface area contributed by atoms with E-state index in [1.54, 1.807) is 6.07 Å². The van der Waals surface area contributed by atoms with E-state index in [9.17, 15) is 4.79 Å². The summed E-state index contributed by atoms with van der Waals surface area (Å²) in [5, 5.41) is 5.52. The third kappa shape index (κ3) is 5.08. The molecule has 0 saturated carbocycles. The first-order valence-electron chi connectivity index (χ1n) is 8.47. The van der Waals surface area contributed by atoms with Crippen LogP contribution in [0.2, 0.25) is 5.02 Å². The van der Waals surface area contributed by atoms with Crippen molar-refractivity contribution in [2.24, 2.45) is 5.92 Å². The van der Waals surface area contributed by atoms with E-state index in [4.69, 9.17) is 11.6 Å². The molecule has 0 aliphatic rings. The van der Waals surface area contributed by atoms with E-state index in [0.29, 0.717) is 23.2 Å². The van der Waals surface area contributed by atoms with E-state index in [1.807, 2.05) is 18.2 Å². The summed E-state index contributed by atoms with van der Waals surface area (Å²) in [6.07, 6.45) is 1.04. The molecule has 1 amide bonds. The largest absolute Gasteiger partial charge is 0.332 e. The van der Waals surface area contributed by atoms with Gasteiger partial charge in [-0.3, -0.25) is 4.79 Å². The first kappa shape index (κ1) is 18.5. The molecule has 2 rings (SSSR count). The molecule has 3 N–H and O–H groups in total. The lowest BCUT2D eigenvalue weighted by Gasteiger charge is -2.20. The number of hydrogen-bond donors (Lipinski definition) is 2. The SMILES string of the molecule is CCc1ccc([C@H]([NH2+]CC(=O)Nc2ccccc2Cl)C(C)C)cc1. The lowest BCUT2D eigenvalue weighted by atomic mass is 9.95. The molecule has 0 fully saturated rings. The number of aryl methyl sites for hydroxylation is 1. The van der Waals surface area contributed by atoms with Crippen LogP contribution in [0.25, 0.3) is 0 Å².